The maximum atomic E-state index is 13.7. The first-order valence-corrected chi connectivity index (χ1v) is 13.4. The molecule has 1 fully saturated rings. The van der Waals surface area contributed by atoms with Crippen LogP contribution in [0.5, 0.6) is 11.5 Å². The Balaban J connectivity index is 1.65. The van der Waals surface area contributed by atoms with Gasteiger partial charge in [-0.05, 0) is 61.4 Å². The average Bonchev–Trinajstić information content (AvgIpc) is 3.47. The molecule has 1 N–H and O–H groups in total. The standard InChI is InChI=1S/C27H28FN3O6S/c1-36-24-14-13-21(17-25(24)37-2)38(34,35)31(20-11-9-19(28)10-12-20)18-26(32)29-23-8-4-3-7-22(23)27(33)30-15-5-6-16-30/h3-4,7-14,17H,5-6,15-16,18H2,1-2H3,(H,29,32). The van der Waals surface area contributed by atoms with Gasteiger partial charge in [-0.25, -0.2) is 12.8 Å². The highest BCUT2D eigenvalue weighted by Crippen LogP contribution is 2.32. The van der Waals surface area contributed by atoms with E-state index in [1.165, 1.54) is 44.6 Å². The number of carbonyl (C=O) groups excluding carboxylic acids is 2. The Hall–Kier alpha value is -4.12. The van der Waals surface area contributed by atoms with E-state index in [2.05, 4.69) is 5.32 Å². The minimum atomic E-state index is -4.31. The van der Waals surface area contributed by atoms with Gasteiger partial charge in [0.15, 0.2) is 11.5 Å². The molecule has 2 amide bonds. The molecule has 1 aliphatic rings. The Kier molecular flexibility index (Phi) is 8.16. The number of nitrogens with zero attached hydrogens (tertiary/aromatic N) is 2. The third-order valence-electron chi connectivity index (χ3n) is 6.17. The summed E-state index contributed by atoms with van der Waals surface area (Å²) in [6.07, 6.45) is 1.84. The first-order chi connectivity index (χ1) is 18.2. The highest BCUT2D eigenvalue weighted by atomic mass is 32.2. The SMILES string of the molecule is COc1ccc(S(=O)(=O)N(CC(=O)Nc2ccccc2C(=O)N2CCCC2)c2ccc(F)cc2)cc1OC. The highest BCUT2D eigenvalue weighted by Gasteiger charge is 2.29. The second-order valence-corrected chi connectivity index (χ2v) is 10.5. The van der Waals surface area contributed by atoms with Crippen molar-refractivity contribution in [2.24, 2.45) is 0 Å². The third-order valence-corrected chi connectivity index (χ3v) is 7.94. The maximum Gasteiger partial charge on any atom is 0.264 e. The van der Waals surface area contributed by atoms with E-state index >= 15 is 0 Å². The third kappa shape index (κ3) is 5.72. The minimum Gasteiger partial charge on any atom is -0.493 e. The Morgan fingerprint density at radius 2 is 1.61 bits per heavy atom. The lowest BCUT2D eigenvalue weighted by Gasteiger charge is -2.25. The van der Waals surface area contributed by atoms with Crippen LogP contribution in [0, 0.1) is 5.82 Å². The Bertz CT molecular complexity index is 1420. The average molecular weight is 542 g/mol. The van der Waals surface area contributed by atoms with Crippen LogP contribution < -0.4 is 19.1 Å². The number of nitrogens with one attached hydrogen (secondary N) is 1. The minimum absolute atomic E-state index is 0.0813. The van der Waals surface area contributed by atoms with Crippen LogP contribution in [-0.4, -0.2) is 59.0 Å². The fourth-order valence-corrected chi connectivity index (χ4v) is 5.65. The molecular weight excluding hydrogens is 513 g/mol. The summed E-state index contributed by atoms with van der Waals surface area (Å²) in [5.74, 6) is -0.925. The lowest BCUT2D eigenvalue weighted by molar-refractivity contribution is -0.114. The number of carbonyl (C=O) groups is 2. The molecule has 0 atom stereocenters. The molecule has 3 aromatic carbocycles. The number of likely N-dealkylation sites (tertiary alicyclic amines) is 1. The molecule has 38 heavy (non-hydrogen) atoms. The molecule has 9 nitrogen and oxygen atoms in total. The van der Waals surface area contributed by atoms with E-state index in [0.29, 0.717) is 24.4 Å². The zero-order chi connectivity index (χ0) is 27.3. The summed E-state index contributed by atoms with van der Waals surface area (Å²) < 4.78 is 52.4. The van der Waals surface area contributed by atoms with Crippen LogP contribution in [0.1, 0.15) is 23.2 Å². The predicted molar refractivity (Wildman–Crippen MR) is 141 cm³/mol. The van der Waals surface area contributed by atoms with Gasteiger partial charge in [-0.2, -0.15) is 0 Å². The van der Waals surface area contributed by atoms with Gasteiger partial charge < -0.3 is 19.7 Å². The van der Waals surface area contributed by atoms with Crippen molar-refractivity contribution in [2.45, 2.75) is 17.7 Å². The van der Waals surface area contributed by atoms with Crippen molar-refractivity contribution in [3.63, 3.8) is 0 Å². The molecular formula is C27H28FN3O6S. The van der Waals surface area contributed by atoms with Crippen molar-refractivity contribution >= 4 is 33.2 Å². The topological polar surface area (TPSA) is 105 Å². The van der Waals surface area contributed by atoms with Gasteiger partial charge in [-0.15, -0.1) is 0 Å². The van der Waals surface area contributed by atoms with Crippen LogP contribution in [0.2, 0.25) is 0 Å². The first kappa shape index (κ1) is 26.9. The number of hydrogen-bond acceptors (Lipinski definition) is 6. The molecule has 1 heterocycles. The smallest absolute Gasteiger partial charge is 0.264 e. The number of sulfonamides is 1. The van der Waals surface area contributed by atoms with Crippen molar-refractivity contribution < 1.29 is 31.9 Å². The lowest BCUT2D eigenvalue weighted by Crippen LogP contribution is -2.38. The van der Waals surface area contributed by atoms with Gasteiger partial charge in [0.1, 0.15) is 12.4 Å². The fraction of sp³-hybridized carbons (Fsp3) is 0.259. The summed E-state index contributed by atoms with van der Waals surface area (Å²) in [7, 11) is -1.51. The Labute approximate surface area is 220 Å². The number of amides is 2. The normalized spacial score (nSPS) is 13.2. The summed E-state index contributed by atoms with van der Waals surface area (Å²) >= 11 is 0. The van der Waals surface area contributed by atoms with Gasteiger partial charge >= 0.3 is 0 Å². The number of ether oxygens (including phenoxy) is 2. The zero-order valence-electron chi connectivity index (χ0n) is 21.0. The molecule has 0 bridgehead atoms. The molecule has 1 saturated heterocycles. The van der Waals surface area contributed by atoms with Gasteiger partial charge in [-0.3, -0.25) is 13.9 Å². The summed E-state index contributed by atoms with van der Waals surface area (Å²) in [5, 5.41) is 2.68. The van der Waals surface area contributed by atoms with E-state index in [4.69, 9.17) is 9.47 Å². The Morgan fingerprint density at radius 3 is 2.26 bits per heavy atom. The molecule has 0 aliphatic carbocycles. The molecule has 0 unspecified atom stereocenters. The predicted octanol–water partition coefficient (Wildman–Crippen LogP) is 3.91. The highest BCUT2D eigenvalue weighted by molar-refractivity contribution is 7.92. The van der Waals surface area contributed by atoms with Crippen LogP contribution in [-0.2, 0) is 14.8 Å². The van der Waals surface area contributed by atoms with Crippen molar-refractivity contribution in [3.05, 3.63) is 78.1 Å². The first-order valence-electron chi connectivity index (χ1n) is 11.9. The quantitative estimate of drug-likeness (QED) is 0.441. The van der Waals surface area contributed by atoms with Gasteiger partial charge in [0.05, 0.1) is 36.1 Å². The van der Waals surface area contributed by atoms with Crippen LogP contribution in [0.3, 0.4) is 0 Å². The van der Waals surface area contributed by atoms with Crippen molar-refractivity contribution in [3.8, 4) is 11.5 Å². The number of hydrogen-bond donors (Lipinski definition) is 1. The van der Waals surface area contributed by atoms with E-state index in [1.807, 2.05) is 0 Å². The molecule has 0 radical (unpaired) electrons. The fourth-order valence-electron chi connectivity index (χ4n) is 4.22. The summed E-state index contributed by atoms with van der Waals surface area (Å²) in [6.45, 7) is 0.653. The molecule has 4 rings (SSSR count). The maximum absolute atomic E-state index is 13.7. The molecule has 1 aliphatic heterocycles. The number of methoxy groups -OCH3 is 2. The molecule has 0 aromatic heterocycles. The van der Waals surface area contributed by atoms with Gasteiger partial charge in [0, 0.05) is 19.2 Å². The number of benzene rings is 3. The van der Waals surface area contributed by atoms with Crippen molar-refractivity contribution in [1.29, 1.82) is 0 Å². The largest absolute Gasteiger partial charge is 0.493 e. The molecule has 3 aromatic rings. The van der Waals surface area contributed by atoms with E-state index in [0.717, 1.165) is 29.3 Å². The summed E-state index contributed by atoms with van der Waals surface area (Å²) in [6, 6.07) is 15.4. The summed E-state index contributed by atoms with van der Waals surface area (Å²) in [4.78, 5) is 27.8. The number of halogens is 1. The lowest BCUT2D eigenvalue weighted by atomic mass is 10.1. The van der Waals surface area contributed by atoms with Crippen LogP contribution in [0.4, 0.5) is 15.8 Å². The van der Waals surface area contributed by atoms with Gasteiger partial charge in [0.25, 0.3) is 15.9 Å². The molecule has 0 spiro atoms. The van der Waals surface area contributed by atoms with E-state index < -0.39 is 28.3 Å². The van der Waals surface area contributed by atoms with Crippen molar-refractivity contribution in [2.75, 3.05) is 43.5 Å². The zero-order valence-corrected chi connectivity index (χ0v) is 21.8. The van der Waals surface area contributed by atoms with Crippen LogP contribution in [0.15, 0.2) is 71.6 Å². The van der Waals surface area contributed by atoms with Crippen LogP contribution in [0.25, 0.3) is 0 Å². The molecule has 200 valence electrons. The monoisotopic (exact) mass is 541 g/mol. The summed E-state index contributed by atoms with van der Waals surface area (Å²) in [5.41, 5.74) is 0.675. The van der Waals surface area contributed by atoms with E-state index in [9.17, 15) is 22.4 Å². The van der Waals surface area contributed by atoms with E-state index in [-0.39, 0.29) is 27.9 Å². The second-order valence-electron chi connectivity index (χ2n) is 8.60. The Morgan fingerprint density at radius 1 is 0.947 bits per heavy atom. The van der Waals surface area contributed by atoms with Gasteiger partial charge in [0.2, 0.25) is 5.91 Å². The number of para-hydroxylation sites is 1. The van der Waals surface area contributed by atoms with E-state index in [1.54, 1.807) is 29.2 Å². The molecule has 11 heteroatoms. The second kappa shape index (κ2) is 11.5. The van der Waals surface area contributed by atoms with Crippen LogP contribution >= 0.6 is 0 Å². The number of rotatable bonds is 9. The number of anilines is 2. The van der Waals surface area contributed by atoms with Crippen molar-refractivity contribution in [1.82, 2.24) is 4.90 Å². The van der Waals surface area contributed by atoms with Gasteiger partial charge in [-0.1, -0.05) is 12.1 Å². The molecule has 0 saturated carbocycles.